The first kappa shape index (κ1) is 10.5. The minimum atomic E-state index is -1.07. The Morgan fingerprint density at radius 2 is 2.06 bits per heavy atom. The second-order valence-electron chi connectivity index (χ2n) is 2.96. The zero-order chi connectivity index (χ0) is 11.5. The molecule has 0 fully saturated rings. The highest BCUT2D eigenvalue weighted by atomic mass is 35.5. The molecular weight excluding hydrogens is 230 g/mol. The molecule has 5 nitrogen and oxygen atoms in total. The minimum Gasteiger partial charge on any atom is -0.477 e. The number of hydrogen-bond donors (Lipinski definition) is 1. The molecule has 0 atom stereocenters. The monoisotopic (exact) mass is 235 g/mol. The van der Waals surface area contributed by atoms with E-state index in [2.05, 4.69) is 15.0 Å². The van der Waals surface area contributed by atoms with E-state index in [0.717, 1.165) is 0 Å². The van der Waals surface area contributed by atoms with Gasteiger partial charge < -0.3 is 5.11 Å². The predicted molar refractivity (Wildman–Crippen MR) is 57.2 cm³/mol. The van der Waals surface area contributed by atoms with Gasteiger partial charge in [0.2, 0.25) is 0 Å². The highest BCUT2D eigenvalue weighted by Gasteiger charge is 2.05. The van der Waals surface area contributed by atoms with Gasteiger partial charge in [-0.3, -0.25) is 4.98 Å². The van der Waals surface area contributed by atoms with Crippen molar-refractivity contribution in [3.8, 4) is 11.3 Å². The SMILES string of the molecule is O=C(O)c1ccc(-c2cncc(Cl)n2)cn1. The molecule has 0 saturated heterocycles. The molecule has 0 aliphatic heterocycles. The van der Waals surface area contributed by atoms with Crippen LogP contribution in [0.15, 0.2) is 30.7 Å². The zero-order valence-corrected chi connectivity index (χ0v) is 8.72. The summed E-state index contributed by atoms with van der Waals surface area (Å²) >= 11 is 5.69. The quantitative estimate of drug-likeness (QED) is 0.860. The summed E-state index contributed by atoms with van der Waals surface area (Å²) in [5.41, 5.74) is 1.20. The Hall–Kier alpha value is -2.01. The van der Waals surface area contributed by atoms with Crippen molar-refractivity contribution >= 4 is 17.6 Å². The molecule has 0 aliphatic carbocycles. The first-order valence-corrected chi connectivity index (χ1v) is 4.72. The number of halogens is 1. The van der Waals surface area contributed by atoms with E-state index in [1.54, 1.807) is 6.07 Å². The summed E-state index contributed by atoms with van der Waals surface area (Å²) in [6.07, 6.45) is 4.37. The molecule has 0 spiro atoms. The van der Waals surface area contributed by atoms with Crippen LogP contribution in [-0.4, -0.2) is 26.0 Å². The van der Waals surface area contributed by atoms with Gasteiger partial charge in [0.15, 0.2) is 0 Å². The molecule has 0 bridgehead atoms. The molecule has 6 heteroatoms. The van der Waals surface area contributed by atoms with Gasteiger partial charge in [0.25, 0.3) is 0 Å². The number of carboxylic acid groups (broad SMARTS) is 1. The lowest BCUT2D eigenvalue weighted by atomic mass is 10.2. The molecule has 80 valence electrons. The van der Waals surface area contributed by atoms with Crippen molar-refractivity contribution < 1.29 is 9.90 Å². The molecule has 1 N–H and O–H groups in total. The Bertz CT molecular complexity index is 528. The summed E-state index contributed by atoms with van der Waals surface area (Å²) in [6, 6.07) is 3.01. The third kappa shape index (κ3) is 2.14. The fourth-order valence-corrected chi connectivity index (χ4v) is 1.30. The van der Waals surface area contributed by atoms with Gasteiger partial charge in [-0.2, -0.15) is 0 Å². The van der Waals surface area contributed by atoms with Gasteiger partial charge in [0, 0.05) is 11.8 Å². The Kier molecular flexibility index (Phi) is 2.78. The molecule has 2 aromatic heterocycles. The van der Waals surface area contributed by atoms with Crippen LogP contribution in [0.4, 0.5) is 0 Å². The van der Waals surface area contributed by atoms with E-state index in [1.165, 1.54) is 24.7 Å². The van der Waals surface area contributed by atoms with Gasteiger partial charge in [0.05, 0.1) is 18.1 Å². The summed E-state index contributed by atoms with van der Waals surface area (Å²) in [7, 11) is 0. The number of pyridine rings is 1. The molecule has 0 saturated carbocycles. The molecule has 0 aromatic carbocycles. The van der Waals surface area contributed by atoms with E-state index in [0.29, 0.717) is 11.3 Å². The molecule has 2 aromatic rings. The van der Waals surface area contributed by atoms with E-state index in [1.807, 2.05) is 0 Å². The number of aromatic nitrogens is 3. The fraction of sp³-hybridized carbons (Fsp3) is 0. The van der Waals surface area contributed by atoms with Gasteiger partial charge in [-0.25, -0.2) is 14.8 Å². The van der Waals surface area contributed by atoms with Crippen LogP contribution < -0.4 is 0 Å². The first-order chi connectivity index (χ1) is 7.66. The van der Waals surface area contributed by atoms with Gasteiger partial charge in [-0.1, -0.05) is 11.6 Å². The average Bonchev–Trinajstić information content (AvgIpc) is 2.29. The van der Waals surface area contributed by atoms with Crippen molar-refractivity contribution in [1.82, 2.24) is 15.0 Å². The lowest BCUT2D eigenvalue weighted by Gasteiger charge is -2.00. The number of rotatable bonds is 2. The maximum absolute atomic E-state index is 10.6. The molecule has 0 aliphatic rings. The standard InChI is InChI=1S/C10H6ClN3O2/c11-9-5-12-4-8(14-9)6-1-2-7(10(15)16)13-3-6/h1-5H,(H,15,16). The maximum atomic E-state index is 10.6. The molecule has 0 amide bonds. The summed E-state index contributed by atoms with van der Waals surface area (Å²) in [6.45, 7) is 0. The second-order valence-corrected chi connectivity index (χ2v) is 3.35. The molecule has 16 heavy (non-hydrogen) atoms. The van der Waals surface area contributed by atoms with Crippen LogP contribution in [0.5, 0.6) is 0 Å². The highest BCUT2D eigenvalue weighted by molar-refractivity contribution is 6.29. The third-order valence-electron chi connectivity index (χ3n) is 1.88. The Balaban J connectivity index is 2.38. The van der Waals surface area contributed by atoms with Crippen molar-refractivity contribution in [2.75, 3.05) is 0 Å². The number of nitrogens with zero attached hydrogens (tertiary/aromatic N) is 3. The number of hydrogen-bond acceptors (Lipinski definition) is 4. The molecule has 0 radical (unpaired) electrons. The summed E-state index contributed by atoms with van der Waals surface area (Å²) < 4.78 is 0. The Labute approximate surface area is 95.8 Å². The lowest BCUT2D eigenvalue weighted by molar-refractivity contribution is 0.0690. The molecular formula is C10H6ClN3O2. The van der Waals surface area contributed by atoms with Crippen LogP contribution in [0.25, 0.3) is 11.3 Å². The first-order valence-electron chi connectivity index (χ1n) is 4.34. The smallest absolute Gasteiger partial charge is 0.354 e. The van der Waals surface area contributed by atoms with E-state index in [-0.39, 0.29) is 10.8 Å². The molecule has 0 unspecified atom stereocenters. The minimum absolute atomic E-state index is 0.0151. The van der Waals surface area contributed by atoms with Crippen LogP contribution in [-0.2, 0) is 0 Å². The van der Waals surface area contributed by atoms with Gasteiger partial charge in [-0.15, -0.1) is 0 Å². The van der Waals surface area contributed by atoms with Crippen molar-refractivity contribution in [2.24, 2.45) is 0 Å². The fourth-order valence-electron chi connectivity index (χ4n) is 1.15. The molecule has 2 rings (SSSR count). The lowest BCUT2D eigenvalue weighted by Crippen LogP contribution is -1.99. The summed E-state index contributed by atoms with van der Waals surface area (Å²) in [5.74, 6) is -1.07. The van der Waals surface area contributed by atoms with Crippen LogP contribution >= 0.6 is 11.6 Å². The molecule has 2 heterocycles. The normalized spacial score (nSPS) is 10.1. The number of carbonyl (C=O) groups is 1. The topological polar surface area (TPSA) is 76.0 Å². The van der Waals surface area contributed by atoms with E-state index < -0.39 is 5.97 Å². The average molecular weight is 236 g/mol. The third-order valence-corrected chi connectivity index (χ3v) is 2.07. The van der Waals surface area contributed by atoms with E-state index in [4.69, 9.17) is 16.7 Å². The Morgan fingerprint density at radius 1 is 1.25 bits per heavy atom. The number of aromatic carboxylic acids is 1. The predicted octanol–water partition coefficient (Wildman–Crippen LogP) is 1.89. The Morgan fingerprint density at radius 3 is 2.62 bits per heavy atom. The highest BCUT2D eigenvalue weighted by Crippen LogP contribution is 2.16. The largest absolute Gasteiger partial charge is 0.477 e. The summed E-state index contributed by atoms with van der Waals surface area (Å²) in [4.78, 5) is 22.3. The van der Waals surface area contributed by atoms with Crippen molar-refractivity contribution in [3.05, 3.63) is 41.6 Å². The summed E-state index contributed by atoms with van der Waals surface area (Å²) in [5, 5.41) is 8.96. The van der Waals surface area contributed by atoms with Gasteiger partial charge >= 0.3 is 5.97 Å². The van der Waals surface area contributed by atoms with Crippen molar-refractivity contribution in [2.45, 2.75) is 0 Å². The van der Waals surface area contributed by atoms with E-state index in [9.17, 15) is 4.79 Å². The van der Waals surface area contributed by atoms with Crippen molar-refractivity contribution in [3.63, 3.8) is 0 Å². The van der Waals surface area contributed by atoms with E-state index >= 15 is 0 Å². The van der Waals surface area contributed by atoms with Gasteiger partial charge in [0.1, 0.15) is 10.8 Å². The number of carboxylic acids is 1. The van der Waals surface area contributed by atoms with Crippen molar-refractivity contribution in [1.29, 1.82) is 0 Å². The van der Waals surface area contributed by atoms with Crippen LogP contribution in [0.3, 0.4) is 0 Å². The van der Waals surface area contributed by atoms with Crippen LogP contribution in [0.2, 0.25) is 5.15 Å². The second kappa shape index (κ2) is 4.24. The zero-order valence-electron chi connectivity index (χ0n) is 7.96. The van der Waals surface area contributed by atoms with Crippen LogP contribution in [0, 0.1) is 0 Å². The van der Waals surface area contributed by atoms with Crippen LogP contribution in [0.1, 0.15) is 10.5 Å². The van der Waals surface area contributed by atoms with Gasteiger partial charge in [-0.05, 0) is 12.1 Å². The maximum Gasteiger partial charge on any atom is 0.354 e.